The van der Waals surface area contributed by atoms with Gasteiger partial charge in [0.1, 0.15) is 10.8 Å². The van der Waals surface area contributed by atoms with E-state index in [-0.39, 0.29) is 11.9 Å². The molecule has 1 saturated heterocycles. The van der Waals surface area contributed by atoms with Crippen LogP contribution in [0.15, 0.2) is 35.8 Å². The molecule has 20 heavy (non-hydrogen) atoms. The number of aromatic nitrogens is 1. The number of para-hydroxylation sites is 1. The number of hydrogen-bond acceptors (Lipinski definition) is 4. The Balaban J connectivity index is 1.90. The molecule has 1 aromatic heterocycles. The predicted molar refractivity (Wildman–Crippen MR) is 78.1 cm³/mol. The maximum atomic E-state index is 12.8. The Morgan fingerprint density at radius 2 is 2.30 bits per heavy atom. The number of carbonyl (C=O) groups excluding carboxylic acids is 1. The van der Waals surface area contributed by atoms with Crippen LogP contribution in [0.5, 0.6) is 5.75 Å². The Morgan fingerprint density at radius 1 is 1.45 bits per heavy atom. The number of thiazole rings is 1. The second-order valence-electron chi connectivity index (χ2n) is 4.73. The summed E-state index contributed by atoms with van der Waals surface area (Å²) in [6, 6.07) is 7.48. The normalized spacial score (nSPS) is 18.2. The fourth-order valence-electron chi connectivity index (χ4n) is 2.64. The van der Waals surface area contributed by atoms with E-state index in [1.54, 1.807) is 24.6 Å². The minimum atomic E-state index is 0.0279. The summed E-state index contributed by atoms with van der Waals surface area (Å²) in [7, 11) is 1.59. The van der Waals surface area contributed by atoms with Gasteiger partial charge in [-0.3, -0.25) is 4.79 Å². The van der Waals surface area contributed by atoms with Crippen molar-refractivity contribution in [1.29, 1.82) is 0 Å². The van der Waals surface area contributed by atoms with Gasteiger partial charge in [-0.05, 0) is 25.0 Å². The molecule has 1 aliphatic rings. The van der Waals surface area contributed by atoms with Gasteiger partial charge in [0.25, 0.3) is 5.91 Å². The number of likely N-dealkylation sites (tertiary alicyclic amines) is 1. The zero-order chi connectivity index (χ0) is 13.9. The molecule has 1 aliphatic heterocycles. The molecule has 0 bridgehead atoms. The van der Waals surface area contributed by atoms with Crippen molar-refractivity contribution in [2.45, 2.75) is 18.9 Å². The van der Waals surface area contributed by atoms with E-state index >= 15 is 0 Å². The fraction of sp³-hybridized carbons (Fsp3) is 0.333. The lowest BCUT2D eigenvalue weighted by Crippen LogP contribution is -2.30. The molecule has 1 aromatic carbocycles. The lowest BCUT2D eigenvalue weighted by molar-refractivity contribution is 0.0732. The maximum Gasteiger partial charge on any atom is 0.258 e. The topological polar surface area (TPSA) is 42.4 Å². The summed E-state index contributed by atoms with van der Waals surface area (Å²) < 4.78 is 5.29. The van der Waals surface area contributed by atoms with Crippen LogP contribution in [0.1, 0.15) is 34.2 Å². The Morgan fingerprint density at radius 3 is 3.05 bits per heavy atom. The summed E-state index contributed by atoms with van der Waals surface area (Å²) in [4.78, 5) is 19.0. The molecule has 2 aromatic rings. The van der Waals surface area contributed by atoms with E-state index in [1.807, 2.05) is 34.5 Å². The smallest absolute Gasteiger partial charge is 0.258 e. The number of methoxy groups -OCH3 is 1. The van der Waals surface area contributed by atoms with Crippen LogP contribution in [0.2, 0.25) is 0 Å². The molecule has 0 saturated carbocycles. The van der Waals surface area contributed by atoms with Crippen LogP contribution in [0.4, 0.5) is 0 Å². The molecule has 104 valence electrons. The molecule has 1 amide bonds. The van der Waals surface area contributed by atoms with Gasteiger partial charge in [0.15, 0.2) is 0 Å². The van der Waals surface area contributed by atoms with Crippen molar-refractivity contribution >= 4 is 17.2 Å². The Bertz CT molecular complexity index is 598. The quantitative estimate of drug-likeness (QED) is 0.871. The third-order valence-corrected chi connectivity index (χ3v) is 4.46. The summed E-state index contributed by atoms with van der Waals surface area (Å²) in [6.07, 6.45) is 3.80. The SMILES string of the molecule is COc1ccccc1C(=O)N1CCCC1c1nccs1. The number of benzene rings is 1. The zero-order valence-corrected chi connectivity index (χ0v) is 12.1. The van der Waals surface area contributed by atoms with E-state index in [0.29, 0.717) is 11.3 Å². The Hall–Kier alpha value is -1.88. The van der Waals surface area contributed by atoms with Crippen molar-refractivity contribution in [3.05, 3.63) is 46.4 Å². The van der Waals surface area contributed by atoms with Gasteiger partial charge in [-0.15, -0.1) is 11.3 Å². The highest BCUT2D eigenvalue weighted by atomic mass is 32.1. The molecule has 4 nitrogen and oxygen atoms in total. The van der Waals surface area contributed by atoms with E-state index < -0.39 is 0 Å². The van der Waals surface area contributed by atoms with E-state index in [1.165, 1.54) is 0 Å². The lowest BCUT2D eigenvalue weighted by Gasteiger charge is -2.23. The van der Waals surface area contributed by atoms with Gasteiger partial charge in [-0.2, -0.15) is 0 Å². The van der Waals surface area contributed by atoms with Crippen molar-refractivity contribution in [2.75, 3.05) is 13.7 Å². The van der Waals surface area contributed by atoms with Gasteiger partial charge in [-0.1, -0.05) is 12.1 Å². The molecule has 0 N–H and O–H groups in total. The highest BCUT2D eigenvalue weighted by Crippen LogP contribution is 2.35. The van der Waals surface area contributed by atoms with Gasteiger partial charge in [0, 0.05) is 18.1 Å². The summed E-state index contributed by atoms with van der Waals surface area (Å²) >= 11 is 1.61. The molecule has 0 radical (unpaired) electrons. The molecule has 0 spiro atoms. The first-order chi connectivity index (χ1) is 9.81. The largest absolute Gasteiger partial charge is 0.496 e. The standard InChI is InChI=1S/C15H16N2O2S/c1-19-13-7-3-2-5-11(13)15(18)17-9-4-6-12(17)14-16-8-10-20-14/h2-3,5,7-8,10,12H,4,6,9H2,1H3. The third kappa shape index (κ3) is 2.29. The summed E-state index contributed by atoms with van der Waals surface area (Å²) in [5.41, 5.74) is 0.624. The van der Waals surface area contributed by atoms with Crippen LogP contribution in [-0.2, 0) is 0 Å². The first kappa shape index (κ1) is 13.1. The maximum absolute atomic E-state index is 12.8. The van der Waals surface area contributed by atoms with E-state index in [0.717, 1.165) is 24.4 Å². The van der Waals surface area contributed by atoms with Crippen LogP contribution in [0.25, 0.3) is 0 Å². The number of carbonyl (C=O) groups is 1. The summed E-state index contributed by atoms with van der Waals surface area (Å²) in [5.74, 6) is 0.655. The summed E-state index contributed by atoms with van der Waals surface area (Å²) in [6.45, 7) is 0.779. The van der Waals surface area contributed by atoms with Gasteiger partial charge in [-0.25, -0.2) is 4.98 Å². The van der Waals surface area contributed by atoms with Crippen LogP contribution < -0.4 is 4.74 Å². The first-order valence-corrected chi connectivity index (χ1v) is 7.52. The van der Waals surface area contributed by atoms with E-state index in [2.05, 4.69) is 4.98 Å². The van der Waals surface area contributed by atoms with Gasteiger partial charge < -0.3 is 9.64 Å². The second kappa shape index (κ2) is 5.63. The van der Waals surface area contributed by atoms with E-state index in [4.69, 9.17) is 4.74 Å². The van der Waals surface area contributed by atoms with Gasteiger partial charge in [0.2, 0.25) is 0 Å². The molecular formula is C15H16N2O2S. The van der Waals surface area contributed by atoms with Crippen molar-refractivity contribution < 1.29 is 9.53 Å². The average molecular weight is 288 g/mol. The van der Waals surface area contributed by atoms with Crippen LogP contribution in [0, 0.1) is 0 Å². The molecule has 1 fully saturated rings. The van der Waals surface area contributed by atoms with Crippen molar-refractivity contribution in [3.63, 3.8) is 0 Å². The number of hydrogen-bond donors (Lipinski definition) is 0. The molecule has 3 rings (SSSR count). The number of ether oxygens (including phenoxy) is 1. The minimum Gasteiger partial charge on any atom is -0.496 e. The Labute approximate surface area is 122 Å². The number of rotatable bonds is 3. The van der Waals surface area contributed by atoms with Gasteiger partial charge >= 0.3 is 0 Å². The van der Waals surface area contributed by atoms with Crippen LogP contribution in [0.3, 0.4) is 0 Å². The third-order valence-electron chi connectivity index (χ3n) is 3.59. The molecule has 2 heterocycles. The molecular weight excluding hydrogens is 272 g/mol. The molecule has 1 unspecified atom stereocenters. The average Bonchev–Trinajstić information content (AvgIpc) is 3.16. The molecule has 0 aliphatic carbocycles. The first-order valence-electron chi connectivity index (χ1n) is 6.64. The van der Waals surface area contributed by atoms with Crippen LogP contribution >= 0.6 is 11.3 Å². The van der Waals surface area contributed by atoms with Crippen molar-refractivity contribution in [3.8, 4) is 5.75 Å². The monoisotopic (exact) mass is 288 g/mol. The molecule has 1 atom stereocenters. The van der Waals surface area contributed by atoms with Gasteiger partial charge in [0.05, 0.1) is 18.7 Å². The highest BCUT2D eigenvalue weighted by molar-refractivity contribution is 7.09. The van der Waals surface area contributed by atoms with Crippen molar-refractivity contribution in [2.24, 2.45) is 0 Å². The lowest BCUT2D eigenvalue weighted by atomic mass is 10.1. The minimum absolute atomic E-state index is 0.0279. The predicted octanol–water partition coefficient (Wildman–Crippen LogP) is 3.13. The summed E-state index contributed by atoms with van der Waals surface area (Å²) in [5, 5.41) is 2.98. The molecule has 5 heteroatoms. The number of amides is 1. The second-order valence-corrected chi connectivity index (χ2v) is 5.65. The highest BCUT2D eigenvalue weighted by Gasteiger charge is 2.33. The number of nitrogens with zero attached hydrogens (tertiary/aromatic N) is 2. The fourth-order valence-corrected chi connectivity index (χ4v) is 3.43. The Kier molecular flexibility index (Phi) is 3.69. The van der Waals surface area contributed by atoms with Crippen LogP contribution in [-0.4, -0.2) is 29.4 Å². The zero-order valence-electron chi connectivity index (χ0n) is 11.3. The van der Waals surface area contributed by atoms with E-state index in [9.17, 15) is 4.79 Å². The van der Waals surface area contributed by atoms with Crippen molar-refractivity contribution in [1.82, 2.24) is 9.88 Å².